The van der Waals surface area contributed by atoms with E-state index in [9.17, 15) is 4.79 Å². The van der Waals surface area contributed by atoms with Crippen molar-refractivity contribution in [3.8, 4) is 0 Å². The van der Waals surface area contributed by atoms with Gasteiger partial charge in [0.25, 0.3) is 0 Å². The van der Waals surface area contributed by atoms with Gasteiger partial charge in [-0.3, -0.25) is 0 Å². The quantitative estimate of drug-likeness (QED) is 0.590. The number of hydrogen-bond acceptors (Lipinski definition) is 1. The molecule has 106 valence electrons. The molecule has 0 heterocycles. The van der Waals surface area contributed by atoms with E-state index in [-0.39, 0.29) is 11.3 Å². The molecule has 0 saturated heterocycles. The number of aliphatic carboxylic acids is 1. The Labute approximate surface area is 116 Å². The lowest BCUT2D eigenvalue weighted by Gasteiger charge is -2.57. The first kappa shape index (κ1) is 14.4. The maximum absolute atomic E-state index is 10.8. The highest BCUT2D eigenvalue weighted by molar-refractivity contribution is 5.79. The Morgan fingerprint density at radius 1 is 1.37 bits per heavy atom. The van der Waals surface area contributed by atoms with E-state index in [1.54, 1.807) is 0 Å². The Morgan fingerprint density at radius 3 is 2.68 bits per heavy atom. The van der Waals surface area contributed by atoms with Crippen LogP contribution in [0.5, 0.6) is 0 Å². The lowest BCUT2D eigenvalue weighted by atomic mass is 9.47. The molecule has 0 amide bonds. The molecular formula is C17H26O2. The molecule has 1 N–H and O–H groups in total. The molecular weight excluding hydrogens is 236 g/mol. The molecule has 2 saturated carbocycles. The van der Waals surface area contributed by atoms with Crippen molar-refractivity contribution in [3.05, 3.63) is 24.3 Å². The summed E-state index contributed by atoms with van der Waals surface area (Å²) in [6, 6.07) is 0. The summed E-state index contributed by atoms with van der Waals surface area (Å²) >= 11 is 0. The van der Waals surface area contributed by atoms with Gasteiger partial charge in [0.15, 0.2) is 0 Å². The minimum absolute atomic E-state index is 0.184. The minimum atomic E-state index is -0.853. The zero-order chi connectivity index (χ0) is 14.3. The van der Waals surface area contributed by atoms with E-state index in [0.29, 0.717) is 11.3 Å². The topological polar surface area (TPSA) is 37.3 Å². The summed E-state index contributed by atoms with van der Waals surface area (Å²) in [5, 5.41) is 8.90. The van der Waals surface area contributed by atoms with Gasteiger partial charge in [0.05, 0.1) is 0 Å². The number of carboxylic acids is 1. The van der Waals surface area contributed by atoms with E-state index in [0.717, 1.165) is 6.42 Å². The van der Waals surface area contributed by atoms with E-state index in [4.69, 9.17) is 5.11 Å². The molecule has 3 atom stereocenters. The van der Waals surface area contributed by atoms with E-state index in [2.05, 4.69) is 27.4 Å². The smallest absolute Gasteiger partial charge is 0.327 e. The van der Waals surface area contributed by atoms with Gasteiger partial charge in [-0.05, 0) is 42.4 Å². The molecule has 0 aliphatic heterocycles. The molecule has 2 aliphatic carbocycles. The molecule has 0 aromatic carbocycles. The monoisotopic (exact) mass is 262 g/mol. The molecule has 0 bridgehead atoms. The van der Waals surface area contributed by atoms with E-state index >= 15 is 0 Å². The highest BCUT2D eigenvalue weighted by atomic mass is 16.4. The number of fused-ring (bicyclic) bond motifs is 1. The molecule has 2 fully saturated rings. The van der Waals surface area contributed by atoms with Crippen molar-refractivity contribution in [2.24, 2.45) is 22.7 Å². The average Bonchev–Trinajstić information content (AvgIpc) is 2.26. The van der Waals surface area contributed by atoms with Crippen molar-refractivity contribution in [1.82, 2.24) is 0 Å². The standard InChI is InChI=1S/C17H26O2/c1-12-6-8-14-16(2,3)10-5-11-17(14,4)13(12)7-9-15(18)19/h7,9,13-14H,1,5-6,8,10-11H2,2-4H3,(H,18,19)/t13-,14-,17+/m0/s1. The van der Waals surface area contributed by atoms with Crippen LogP contribution in [0, 0.1) is 22.7 Å². The second-order valence-electron chi connectivity index (χ2n) is 7.27. The van der Waals surface area contributed by atoms with Crippen LogP contribution >= 0.6 is 0 Å². The first-order chi connectivity index (χ1) is 8.77. The Morgan fingerprint density at radius 2 is 2.05 bits per heavy atom. The molecule has 2 nitrogen and oxygen atoms in total. The predicted octanol–water partition coefficient (Wildman–Crippen LogP) is 4.43. The van der Waals surface area contributed by atoms with Crippen molar-refractivity contribution in [2.75, 3.05) is 0 Å². The van der Waals surface area contributed by atoms with Crippen molar-refractivity contribution < 1.29 is 9.90 Å². The van der Waals surface area contributed by atoms with Gasteiger partial charge in [-0.15, -0.1) is 0 Å². The van der Waals surface area contributed by atoms with Gasteiger partial charge in [-0.2, -0.15) is 0 Å². The second kappa shape index (κ2) is 4.81. The molecule has 0 unspecified atom stereocenters. The molecule has 2 heteroatoms. The first-order valence-electron chi connectivity index (χ1n) is 7.36. The van der Waals surface area contributed by atoms with E-state index in [1.807, 2.05) is 6.08 Å². The third kappa shape index (κ3) is 2.50. The fourth-order valence-electron chi connectivity index (χ4n) is 4.74. The summed E-state index contributed by atoms with van der Waals surface area (Å²) < 4.78 is 0. The fourth-order valence-corrected chi connectivity index (χ4v) is 4.74. The third-order valence-corrected chi connectivity index (χ3v) is 5.61. The van der Waals surface area contributed by atoms with Crippen LogP contribution in [0.2, 0.25) is 0 Å². The largest absolute Gasteiger partial charge is 0.478 e. The summed E-state index contributed by atoms with van der Waals surface area (Å²) in [5.74, 6) is 0.0400. The van der Waals surface area contributed by atoms with Gasteiger partial charge in [0.1, 0.15) is 0 Å². The van der Waals surface area contributed by atoms with Crippen molar-refractivity contribution in [2.45, 2.75) is 52.9 Å². The Kier molecular flexibility index (Phi) is 3.63. The Bertz CT molecular complexity index is 419. The highest BCUT2D eigenvalue weighted by Crippen LogP contribution is 2.61. The van der Waals surface area contributed by atoms with Gasteiger partial charge >= 0.3 is 5.97 Å². The predicted molar refractivity (Wildman–Crippen MR) is 77.9 cm³/mol. The summed E-state index contributed by atoms with van der Waals surface area (Å²) in [7, 11) is 0. The van der Waals surface area contributed by atoms with E-state index in [1.165, 1.54) is 37.3 Å². The summed E-state index contributed by atoms with van der Waals surface area (Å²) in [4.78, 5) is 10.8. The van der Waals surface area contributed by atoms with Gasteiger partial charge in [0.2, 0.25) is 0 Å². The van der Waals surface area contributed by atoms with Crippen LogP contribution in [-0.2, 0) is 4.79 Å². The van der Waals surface area contributed by atoms with Crippen LogP contribution in [0.25, 0.3) is 0 Å². The number of allylic oxidation sites excluding steroid dienone is 2. The summed E-state index contributed by atoms with van der Waals surface area (Å²) in [5.41, 5.74) is 1.76. The molecule has 0 spiro atoms. The van der Waals surface area contributed by atoms with E-state index < -0.39 is 5.97 Å². The molecule has 0 aromatic rings. The molecule has 2 rings (SSSR count). The Balaban J connectivity index is 2.35. The van der Waals surface area contributed by atoms with Gasteiger partial charge in [-0.1, -0.05) is 45.4 Å². The molecule has 0 radical (unpaired) electrons. The number of carboxylic acid groups (broad SMARTS) is 1. The lowest BCUT2D eigenvalue weighted by molar-refractivity contribution is -0.131. The van der Waals surface area contributed by atoms with Crippen LogP contribution in [0.15, 0.2) is 24.3 Å². The highest BCUT2D eigenvalue weighted by Gasteiger charge is 2.52. The molecule has 0 aromatic heterocycles. The van der Waals surface area contributed by atoms with Gasteiger partial charge in [-0.25, -0.2) is 4.79 Å². The fraction of sp³-hybridized carbons (Fsp3) is 0.706. The third-order valence-electron chi connectivity index (χ3n) is 5.61. The normalized spacial score (nSPS) is 38.2. The lowest BCUT2D eigenvalue weighted by Crippen LogP contribution is -2.48. The zero-order valence-corrected chi connectivity index (χ0v) is 12.4. The first-order valence-corrected chi connectivity index (χ1v) is 7.36. The minimum Gasteiger partial charge on any atom is -0.478 e. The maximum Gasteiger partial charge on any atom is 0.327 e. The Hall–Kier alpha value is -1.05. The maximum atomic E-state index is 10.8. The number of carbonyl (C=O) groups is 1. The molecule has 19 heavy (non-hydrogen) atoms. The van der Waals surface area contributed by atoms with Gasteiger partial charge < -0.3 is 5.11 Å². The van der Waals surface area contributed by atoms with Gasteiger partial charge in [0, 0.05) is 12.0 Å². The second-order valence-corrected chi connectivity index (χ2v) is 7.27. The van der Waals surface area contributed by atoms with Crippen LogP contribution in [-0.4, -0.2) is 11.1 Å². The zero-order valence-electron chi connectivity index (χ0n) is 12.4. The summed E-state index contributed by atoms with van der Waals surface area (Å²) in [6.45, 7) is 11.3. The van der Waals surface area contributed by atoms with Crippen LogP contribution in [0.4, 0.5) is 0 Å². The number of rotatable bonds is 2. The number of hydrogen-bond donors (Lipinski definition) is 1. The van der Waals surface area contributed by atoms with Crippen LogP contribution < -0.4 is 0 Å². The van der Waals surface area contributed by atoms with Crippen molar-refractivity contribution >= 4 is 5.97 Å². The molecule has 2 aliphatic rings. The SMILES string of the molecule is C=C1CC[C@H]2C(C)(C)CCC[C@]2(C)[C@H]1C=CC(=O)O. The van der Waals surface area contributed by atoms with Crippen molar-refractivity contribution in [3.63, 3.8) is 0 Å². The van der Waals surface area contributed by atoms with Crippen molar-refractivity contribution in [1.29, 1.82) is 0 Å². The summed E-state index contributed by atoms with van der Waals surface area (Å²) in [6.07, 6.45) is 9.16. The van der Waals surface area contributed by atoms with Crippen LogP contribution in [0.3, 0.4) is 0 Å². The van der Waals surface area contributed by atoms with Crippen LogP contribution in [0.1, 0.15) is 52.9 Å². The average molecular weight is 262 g/mol.